The van der Waals surface area contributed by atoms with Crippen LogP contribution in [0, 0.1) is 6.92 Å². The summed E-state index contributed by atoms with van der Waals surface area (Å²) < 4.78 is 1.52. The van der Waals surface area contributed by atoms with Gasteiger partial charge >= 0.3 is 0 Å². The lowest BCUT2D eigenvalue weighted by molar-refractivity contribution is 0.100. The Morgan fingerprint density at radius 1 is 1.18 bits per heavy atom. The number of para-hydroxylation sites is 1. The lowest BCUT2D eigenvalue weighted by Gasteiger charge is -2.07. The summed E-state index contributed by atoms with van der Waals surface area (Å²) in [5, 5.41) is 6.75. The third kappa shape index (κ3) is 2.39. The zero-order chi connectivity index (χ0) is 15.7. The first-order valence-corrected chi connectivity index (χ1v) is 6.57. The highest BCUT2D eigenvalue weighted by Gasteiger charge is 2.16. The Bertz CT molecular complexity index is 885. The molecule has 110 valence electrons. The number of nitrogens with zero attached hydrogens (tertiary/aromatic N) is 3. The topological polar surface area (TPSA) is 102 Å². The van der Waals surface area contributed by atoms with Crippen LogP contribution in [0.1, 0.15) is 26.4 Å². The number of aromatic nitrogens is 3. The molecular weight excluding hydrogens is 282 g/mol. The van der Waals surface area contributed by atoms with Gasteiger partial charge in [0, 0.05) is 11.9 Å². The van der Waals surface area contributed by atoms with Gasteiger partial charge in [0.1, 0.15) is 5.56 Å². The molecule has 0 aliphatic rings. The lowest BCUT2D eigenvalue weighted by atomic mass is 10.1. The molecule has 2 heterocycles. The van der Waals surface area contributed by atoms with Crippen LogP contribution in [-0.2, 0) is 0 Å². The van der Waals surface area contributed by atoms with Crippen LogP contribution < -0.4 is 11.1 Å². The van der Waals surface area contributed by atoms with E-state index in [1.807, 2.05) is 6.92 Å². The van der Waals surface area contributed by atoms with Crippen LogP contribution in [0.2, 0.25) is 0 Å². The summed E-state index contributed by atoms with van der Waals surface area (Å²) in [5.41, 5.74) is 7.45. The van der Waals surface area contributed by atoms with Crippen molar-refractivity contribution in [3.63, 3.8) is 0 Å². The Balaban J connectivity index is 1.98. The fraction of sp³-hybridized carbons (Fsp3) is 0.0667. The molecule has 2 aromatic heterocycles. The number of nitrogens with two attached hydrogens (primary N) is 1. The Morgan fingerprint density at radius 2 is 1.95 bits per heavy atom. The van der Waals surface area contributed by atoms with E-state index in [1.54, 1.807) is 36.5 Å². The van der Waals surface area contributed by atoms with Gasteiger partial charge in [-0.2, -0.15) is 5.10 Å². The largest absolute Gasteiger partial charge is 0.366 e. The highest BCUT2D eigenvalue weighted by Crippen LogP contribution is 2.17. The van der Waals surface area contributed by atoms with E-state index in [-0.39, 0.29) is 5.56 Å². The van der Waals surface area contributed by atoms with Crippen molar-refractivity contribution in [2.45, 2.75) is 6.92 Å². The van der Waals surface area contributed by atoms with Gasteiger partial charge in [-0.3, -0.25) is 9.59 Å². The highest BCUT2D eigenvalue weighted by atomic mass is 16.2. The normalized spacial score (nSPS) is 10.6. The number of anilines is 1. The van der Waals surface area contributed by atoms with Gasteiger partial charge in [0.05, 0.1) is 17.4 Å². The molecule has 0 unspecified atom stereocenters. The van der Waals surface area contributed by atoms with Crippen molar-refractivity contribution >= 4 is 23.1 Å². The second-order valence-electron chi connectivity index (χ2n) is 4.76. The second kappa shape index (κ2) is 5.28. The van der Waals surface area contributed by atoms with Crippen molar-refractivity contribution in [1.29, 1.82) is 0 Å². The van der Waals surface area contributed by atoms with Crippen molar-refractivity contribution in [2.75, 3.05) is 5.32 Å². The van der Waals surface area contributed by atoms with E-state index in [4.69, 9.17) is 5.73 Å². The number of hydrogen-bond donors (Lipinski definition) is 2. The Morgan fingerprint density at radius 3 is 2.73 bits per heavy atom. The van der Waals surface area contributed by atoms with E-state index < -0.39 is 11.8 Å². The first-order valence-electron chi connectivity index (χ1n) is 6.57. The molecule has 3 rings (SSSR count). The summed E-state index contributed by atoms with van der Waals surface area (Å²) >= 11 is 0. The molecule has 0 saturated carbocycles. The minimum absolute atomic E-state index is 0.247. The Kier molecular flexibility index (Phi) is 3.30. The van der Waals surface area contributed by atoms with E-state index in [0.717, 1.165) is 5.69 Å². The van der Waals surface area contributed by atoms with Crippen LogP contribution in [-0.4, -0.2) is 26.4 Å². The average Bonchev–Trinajstić information content (AvgIpc) is 2.90. The van der Waals surface area contributed by atoms with Crippen LogP contribution in [0.15, 0.2) is 42.7 Å². The maximum absolute atomic E-state index is 12.4. The van der Waals surface area contributed by atoms with Crippen molar-refractivity contribution in [2.24, 2.45) is 5.73 Å². The molecule has 7 heteroatoms. The zero-order valence-electron chi connectivity index (χ0n) is 11.8. The molecule has 0 fully saturated rings. The number of aryl methyl sites for hydroxylation is 1. The maximum atomic E-state index is 12.4. The molecule has 0 aliphatic heterocycles. The number of carbonyl (C=O) groups is 2. The van der Waals surface area contributed by atoms with E-state index in [0.29, 0.717) is 16.9 Å². The Labute approximate surface area is 125 Å². The first-order chi connectivity index (χ1) is 10.6. The molecule has 0 radical (unpaired) electrons. The Hall–Kier alpha value is -3.22. The fourth-order valence-electron chi connectivity index (χ4n) is 2.12. The number of rotatable bonds is 3. The van der Waals surface area contributed by atoms with E-state index in [9.17, 15) is 9.59 Å². The van der Waals surface area contributed by atoms with Gasteiger partial charge in [0.15, 0.2) is 5.65 Å². The molecule has 0 aliphatic carbocycles. The van der Waals surface area contributed by atoms with Gasteiger partial charge in [-0.15, -0.1) is 0 Å². The summed E-state index contributed by atoms with van der Waals surface area (Å²) in [6.45, 7) is 1.83. The maximum Gasteiger partial charge on any atom is 0.261 e. The quantitative estimate of drug-likeness (QED) is 0.762. The summed E-state index contributed by atoms with van der Waals surface area (Å²) in [6.07, 6.45) is 3.16. The van der Waals surface area contributed by atoms with Gasteiger partial charge < -0.3 is 11.1 Å². The third-order valence-electron chi connectivity index (χ3n) is 3.19. The van der Waals surface area contributed by atoms with Gasteiger partial charge in [-0.25, -0.2) is 9.50 Å². The van der Waals surface area contributed by atoms with E-state index in [2.05, 4.69) is 15.4 Å². The summed E-state index contributed by atoms with van der Waals surface area (Å²) in [5.74, 6) is -1.01. The first kappa shape index (κ1) is 13.7. The highest BCUT2D eigenvalue weighted by molar-refractivity contribution is 6.11. The summed E-state index contributed by atoms with van der Waals surface area (Å²) in [6, 6.07) is 8.35. The minimum atomic E-state index is -0.607. The second-order valence-corrected chi connectivity index (χ2v) is 4.76. The fourth-order valence-corrected chi connectivity index (χ4v) is 2.12. The van der Waals surface area contributed by atoms with Gasteiger partial charge in [0.2, 0.25) is 0 Å². The number of amides is 2. The molecule has 7 nitrogen and oxygen atoms in total. The molecule has 1 aromatic carbocycles. The molecule has 22 heavy (non-hydrogen) atoms. The summed E-state index contributed by atoms with van der Waals surface area (Å²) in [7, 11) is 0. The number of nitrogens with one attached hydrogen (secondary N) is 1. The van der Waals surface area contributed by atoms with Crippen molar-refractivity contribution in [1.82, 2.24) is 14.6 Å². The van der Waals surface area contributed by atoms with Crippen LogP contribution in [0.3, 0.4) is 0 Å². The number of primary amides is 1. The number of hydrogen-bond acceptors (Lipinski definition) is 4. The van der Waals surface area contributed by atoms with Gasteiger partial charge in [-0.05, 0) is 25.1 Å². The molecule has 3 N–H and O–H groups in total. The predicted octanol–water partition coefficient (Wildman–Crippen LogP) is 1.39. The number of fused-ring (bicyclic) bond motifs is 1. The molecular formula is C15H13N5O2. The van der Waals surface area contributed by atoms with Crippen molar-refractivity contribution in [3.8, 4) is 0 Å². The van der Waals surface area contributed by atoms with E-state index in [1.165, 1.54) is 10.7 Å². The number of carbonyl (C=O) groups excluding carboxylic acids is 2. The van der Waals surface area contributed by atoms with Crippen LogP contribution in [0.25, 0.3) is 5.65 Å². The van der Waals surface area contributed by atoms with Crippen LogP contribution in [0.4, 0.5) is 5.69 Å². The molecule has 0 atom stereocenters. The van der Waals surface area contributed by atoms with Gasteiger partial charge in [-0.1, -0.05) is 12.1 Å². The third-order valence-corrected chi connectivity index (χ3v) is 3.19. The molecule has 0 bridgehead atoms. The summed E-state index contributed by atoms with van der Waals surface area (Å²) in [4.78, 5) is 28.1. The molecule has 0 saturated heterocycles. The molecule has 2 amide bonds. The lowest BCUT2D eigenvalue weighted by Crippen LogP contribution is -2.18. The van der Waals surface area contributed by atoms with Crippen molar-refractivity contribution < 1.29 is 9.59 Å². The smallest absolute Gasteiger partial charge is 0.261 e. The predicted molar refractivity (Wildman–Crippen MR) is 80.6 cm³/mol. The van der Waals surface area contributed by atoms with Crippen LogP contribution >= 0.6 is 0 Å². The standard InChI is InChI=1S/C15H13N5O2/c1-9-6-7-20-14(18-9)11(8-17-20)15(22)19-12-5-3-2-4-10(12)13(16)21/h2-8H,1H3,(H2,16,21)(H,19,22). The van der Waals surface area contributed by atoms with Gasteiger partial charge in [0.25, 0.3) is 11.8 Å². The number of benzene rings is 1. The van der Waals surface area contributed by atoms with Crippen LogP contribution in [0.5, 0.6) is 0 Å². The molecule has 0 spiro atoms. The monoisotopic (exact) mass is 295 g/mol. The SMILES string of the molecule is Cc1ccn2ncc(C(=O)Nc3ccccc3C(N)=O)c2n1. The molecule has 3 aromatic rings. The van der Waals surface area contributed by atoms with Crippen molar-refractivity contribution in [3.05, 3.63) is 59.5 Å². The minimum Gasteiger partial charge on any atom is -0.366 e. The van der Waals surface area contributed by atoms with E-state index >= 15 is 0 Å². The average molecular weight is 295 g/mol. The zero-order valence-corrected chi connectivity index (χ0v) is 11.8.